The number of halogens is 1. The van der Waals surface area contributed by atoms with E-state index in [0.717, 1.165) is 24.2 Å². The molecule has 0 radical (unpaired) electrons. The number of benzene rings is 1. The molecule has 144 valence electrons. The molecule has 7 nitrogen and oxygen atoms in total. The van der Waals surface area contributed by atoms with E-state index in [4.69, 9.17) is 16.3 Å². The molecule has 1 aliphatic heterocycles. The van der Waals surface area contributed by atoms with Crippen molar-refractivity contribution in [2.75, 3.05) is 30.3 Å². The summed E-state index contributed by atoms with van der Waals surface area (Å²) in [5.41, 5.74) is 1.73. The highest BCUT2D eigenvalue weighted by molar-refractivity contribution is 6.30. The summed E-state index contributed by atoms with van der Waals surface area (Å²) in [6, 6.07) is 9.59. The molecule has 1 aromatic heterocycles. The number of aromatic nitrogens is 2. The number of aryl methyl sites for hydroxylation is 1. The van der Waals surface area contributed by atoms with Gasteiger partial charge in [0.05, 0.1) is 6.61 Å². The fraction of sp³-hybridized carbons (Fsp3) is 0.421. The Morgan fingerprint density at radius 3 is 2.78 bits per heavy atom. The Kier molecular flexibility index (Phi) is 6.34. The Balaban J connectivity index is 1.61. The lowest BCUT2D eigenvalue weighted by Crippen LogP contribution is -2.42. The second-order valence-corrected chi connectivity index (χ2v) is 6.89. The zero-order valence-electron chi connectivity index (χ0n) is 15.5. The van der Waals surface area contributed by atoms with Gasteiger partial charge in [-0.1, -0.05) is 17.7 Å². The molecule has 8 heteroatoms. The van der Waals surface area contributed by atoms with Crippen molar-refractivity contribution in [3.8, 4) is 0 Å². The van der Waals surface area contributed by atoms with Gasteiger partial charge in [-0.05, 0) is 44.9 Å². The van der Waals surface area contributed by atoms with Crippen LogP contribution in [0.25, 0.3) is 0 Å². The van der Waals surface area contributed by atoms with E-state index in [1.165, 1.54) is 0 Å². The number of likely N-dealkylation sites (tertiary alicyclic amines) is 1. The highest BCUT2D eigenvalue weighted by atomic mass is 35.5. The molecule has 1 aliphatic rings. The summed E-state index contributed by atoms with van der Waals surface area (Å²) in [7, 11) is 0. The fourth-order valence-electron chi connectivity index (χ4n) is 3.01. The molecule has 0 bridgehead atoms. The number of carbonyl (C=O) groups excluding carboxylic acids is 1. The molecule has 0 unspecified atom stereocenters. The summed E-state index contributed by atoms with van der Waals surface area (Å²) in [5.74, 6) is 1.28. The van der Waals surface area contributed by atoms with Crippen LogP contribution in [0.4, 0.5) is 22.2 Å². The van der Waals surface area contributed by atoms with Gasteiger partial charge in [-0.3, -0.25) is 0 Å². The van der Waals surface area contributed by atoms with E-state index in [1.807, 2.05) is 44.2 Å². The molecular weight excluding hydrogens is 366 g/mol. The molecule has 1 fully saturated rings. The minimum absolute atomic E-state index is 0.219. The lowest BCUT2D eigenvalue weighted by atomic mass is 10.1. The third-order valence-corrected chi connectivity index (χ3v) is 4.54. The maximum atomic E-state index is 11.8. The first kappa shape index (κ1) is 19.2. The Morgan fingerprint density at radius 1 is 1.30 bits per heavy atom. The van der Waals surface area contributed by atoms with Crippen molar-refractivity contribution in [2.24, 2.45) is 0 Å². The Hall–Kier alpha value is -2.54. The van der Waals surface area contributed by atoms with Gasteiger partial charge in [0.25, 0.3) is 0 Å². The molecule has 2 N–H and O–H groups in total. The number of carbonyl (C=O) groups is 1. The average molecular weight is 390 g/mol. The van der Waals surface area contributed by atoms with Gasteiger partial charge in [-0.2, -0.15) is 4.98 Å². The van der Waals surface area contributed by atoms with Crippen molar-refractivity contribution >= 4 is 35.1 Å². The first-order valence-corrected chi connectivity index (χ1v) is 9.48. The predicted molar refractivity (Wildman–Crippen MR) is 107 cm³/mol. The zero-order chi connectivity index (χ0) is 19.2. The summed E-state index contributed by atoms with van der Waals surface area (Å²) < 4.78 is 5.06. The van der Waals surface area contributed by atoms with E-state index in [1.54, 1.807) is 4.90 Å². The van der Waals surface area contributed by atoms with Crippen LogP contribution in [-0.2, 0) is 4.74 Å². The van der Waals surface area contributed by atoms with Crippen molar-refractivity contribution in [2.45, 2.75) is 32.7 Å². The Labute approximate surface area is 164 Å². The van der Waals surface area contributed by atoms with E-state index in [0.29, 0.717) is 36.5 Å². The molecule has 0 spiro atoms. The molecular formula is C19H24ClN5O2. The third-order valence-electron chi connectivity index (χ3n) is 4.31. The van der Waals surface area contributed by atoms with Crippen LogP contribution in [0.1, 0.15) is 25.5 Å². The van der Waals surface area contributed by atoms with Crippen LogP contribution in [0.2, 0.25) is 5.02 Å². The molecule has 3 rings (SSSR count). The van der Waals surface area contributed by atoms with Crippen molar-refractivity contribution < 1.29 is 9.53 Å². The number of piperidine rings is 1. The van der Waals surface area contributed by atoms with Gasteiger partial charge in [-0.25, -0.2) is 9.78 Å². The van der Waals surface area contributed by atoms with Crippen LogP contribution in [0.15, 0.2) is 30.3 Å². The summed E-state index contributed by atoms with van der Waals surface area (Å²) >= 11 is 6.03. The maximum Gasteiger partial charge on any atom is 0.409 e. The van der Waals surface area contributed by atoms with Gasteiger partial charge in [0.1, 0.15) is 5.82 Å². The van der Waals surface area contributed by atoms with Crippen molar-refractivity contribution in [1.29, 1.82) is 0 Å². The zero-order valence-corrected chi connectivity index (χ0v) is 16.3. The van der Waals surface area contributed by atoms with Crippen molar-refractivity contribution in [1.82, 2.24) is 14.9 Å². The molecule has 0 aliphatic carbocycles. The summed E-state index contributed by atoms with van der Waals surface area (Å²) in [6.45, 7) is 5.47. The SMILES string of the molecule is CCOC(=O)N1CCC(Nc2nc(C)cc(Nc3cccc(Cl)c3)n2)CC1. The highest BCUT2D eigenvalue weighted by Gasteiger charge is 2.24. The van der Waals surface area contributed by atoms with Crippen LogP contribution in [0.5, 0.6) is 0 Å². The van der Waals surface area contributed by atoms with Gasteiger partial charge >= 0.3 is 6.09 Å². The molecule has 0 saturated carbocycles. The monoisotopic (exact) mass is 389 g/mol. The van der Waals surface area contributed by atoms with Gasteiger partial charge < -0.3 is 20.3 Å². The topological polar surface area (TPSA) is 79.4 Å². The lowest BCUT2D eigenvalue weighted by Gasteiger charge is -2.31. The van der Waals surface area contributed by atoms with Crippen LogP contribution in [0, 0.1) is 6.92 Å². The smallest absolute Gasteiger partial charge is 0.409 e. The number of ether oxygens (including phenoxy) is 1. The van der Waals surface area contributed by atoms with Gasteiger partial charge in [0, 0.05) is 41.6 Å². The number of nitrogens with zero attached hydrogens (tertiary/aromatic N) is 3. The van der Waals surface area contributed by atoms with E-state index >= 15 is 0 Å². The fourth-order valence-corrected chi connectivity index (χ4v) is 3.21. The second kappa shape index (κ2) is 8.90. The van der Waals surface area contributed by atoms with Gasteiger partial charge in [0.2, 0.25) is 5.95 Å². The van der Waals surface area contributed by atoms with Crippen LogP contribution in [0.3, 0.4) is 0 Å². The van der Waals surface area contributed by atoms with E-state index in [2.05, 4.69) is 20.6 Å². The number of nitrogens with one attached hydrogen (secondary N) is 2. The number of amides is 1. The minimum Gasteiger partial charge on any atom is -0.450 e. The normalized spacial score (nSPS) is 14.7. The standard InChI is InChI=1S/C19H24ClN5O2/c1-3-27-19(26)25-9-7-15(8-10-25)23-18-21-13(2)11-17(24-18)22-16-6-4-5-14(20)12-16/h4-6,11-12,15H,3,7-10H2,1-2H3,(H2,21,22,23,24). The summed E-state index contributed by atoms with van der Waals surface area (Å²) in [6.07, 6.45) is 1.41. The predicted octanol–water partition coefficient (Wildman–Crippen LogP) is 4.21. The van der Waals surface area contributed by atoms with E-state index < -0.39 is 0 Å². The van der Waals surface area contributed by atoms with Crippen LogP contribution in [-0.4, -0.2) is 46.7 Å². The molecule has 27 heavy (non-hydrogen) atoms. The quantitative estimate of drug-likeness (QED) is 0.797. The number of anilines is 3. The number of rotatable bonds is 5. The number of hydrogen-bond donors (Lipinski definition) is 2. The van der Waals surface area contributed by atoms with Gasteiger partial charge in [0.15, 0.2) is 0 Å². The molecule has 0 atom stereocenters. The molecule has 2 heterocycles. The largest absolute Gasteiger partial charge is 0.450 e. The molecule has 1 aromatic carbocycles. The van der Waals surface area contributed by atoms with Crippen molar-refractivity contribution in [3.05, 3.63) is 41.0 Å². The van der Waals surface area contributed by atoms with E-state index in [9.17, 15) is 4.79 Å². The second-order valence-electron chi connectivity index (χ2n) is 6.46. The molecule has 2 aromatic rings. The molecule has 1 amide bonds. The lowest BCUT2D eigenvalue weighted by molar-refractivity contribution is 0.0983. The maximum absolute atomic E-state index is 11.8. The van der Waals surface area contributed by atoms with E-state index in [-0.39, 0.29) is 12.1 Å². The first-order chi connectivity index (χ1) is 13.0. The minimum atomic E-state index is -0.240. The number of hydrogen-bond acceptors (Lipinski definition) is 6. The Morgan fingerprint density at radius 2 is 2.07 bits per heavy atom. The Bertz CT molecular complexity index is 793. The summed E-state index contributed by atoms with van der Waals surface area (Å²) in [5, 5.41) is 7.30. The molecule has 1 saturated heterocycles. The first-order valence-electron chi connectivity index (χ1n) is 9.10. The van der Waals surface area contributed by atoms with Crippen LogP contribution < -0.4 is 10.6 Å². The summed E-state index contributed by atoms with van der Waals surface area (Å²) in [4.78, 5) is 22.6. The van der Waals surface area contributed by atoms with Crippen molar-refractivity contribution in [3.63, 3.8) is 0 Å². The highest BCUT2D eigenvalue weighted by Crippen LogP contribution is 2.21. The average Bonchev–Trinajstić information content (AvgIpc) is 2.62. The van der Waals surface area contributed by atoms with Gasteiger partial charge in [-0.15, -0.1) is 0 Å². The third kappa shape index (κ3) is 5.47. The van der Waals surface area contributed by atoms with Crippen LogP contribution >= 0.6 is 11.6 Å².